The van der Waals surface area contributed by atoms with Crippen LogP contribution in [0.4, 0.5) is 0 Å². The van der Waals surface area contributed by atoms with Crippen molar-refractivity contribution in [3.63, 3.8) is 0 Å². The van der Waals surface area contributed by atoms with Crippen molar-refractivity contribution in [1.82, 2.24) is 5.32 Å². The molecule has 0 radical (unpaired) electrons. The second-order valence-electron chi connectivity index (χ2n) is 5.69. The van der Waals surface area contributed by atoms with Gasteiger partial charge in [-0.15, -0.1) is 0 Å². The topological polar surface area (TPSA) is 58.6 Å². The molecule has 4 nitrogen and oxygen atoms in total. The van der Waals surface area contributed by atoms with Crippen molar-refractivity contribution in [2.45, 2.75) is 63.5 Å². The van der Waals surface area contributed by atoms with Crippen molar-refractivity contribution in [2.24, 2.45) is 5.92 Å². The van der Waals surface area contributed by atoms with Gasteiger partial charge in [0.05, 0.1) is 0 Å². The van der Waals surface area contributed by atoms with Gasteiger partial charge in [0.1, 0.15) is 5.54 Å². The predicted molar refractivity (Wildman–Crippen MR) is 69.6 cm³/mol. The number of carboxylic acids is 1. The van der Waals surface area contributed by atoms with E-state index in [-0.39, 0.29) is 5.92 Å². The van der Waals surface area contributed by atoms with Crippen molar-refractivity contribution in [3.05, 3.63) is 0 Å². The van der Waals surface area contributed by atoms with E-state index in [1.54, 1.807) is 0 Å². The third-order valence-corrected chi connectivity index (χ3v) is 4.20. The summed E-state index contributed by atoms with van der Waals surface area (Å²) in [5.74, 6) is -0.431. The van der Waals surface area contributed by atoms with Gasteiger partial charge in [-0.05, 0) is 44.4 Å². The molecule has 0 aromatic heterocycles. The molecule has 0 spiro atoms. The van der Waals surface area contributed by atoms with Gasteiger partial charge in [-0.1, -0.05) is 13.3 Å². The zero-order chi connectivity index (χ0) is 13.0. The van der Waals surface area contributed by atoms with Gasteiger partial charge >= 0.3 is 5.97 Å². The smallest absolute Gasteiger partial charge is 0.324 e. The highest BCUT2D eigenvalue weighted by molar-refractivity contribution is 5.80. The van der Waals surface area contributed by atoms with Crippen molar-refractivity contribution in [1.29, 1.82) is 0 Å². The fourth-order valence-corrected chi connectivity index (χ4v) is 3.07. The largest absolute Gasteiger partial charge is 0.480 e. The molecule has 2 atom stereocenters. The van der Waals surface area contributed by atoms with Crippen molar-refractivity contribution >= 4 is 5.97 Å². The van der Waals surface area contributed by atoms with Crippen LogP contribution in [0.1, 0.15) is 51.9 Å². The predicted octanol–water partition coefficient (Wildman–Crippen LogP) is 2.18. The van der Waals surface area contributed by atoms with Gasteiger partial charge in [0, 0.05) is 19.3 Å². The van der Waals surface area contributed by atoms with Crippen molar-refractivity contribution in [2.75, 3.05) is 13.2 Å². The second kappa shape index (κ2) is 6.02. The van der Waals surface area contributed by atoms with Crippen LogP contribution in [-0.4, -0.2) is 35.9 Å². The number of nitrogens with one attached hydrogen (secondary N) is 1. The van der Waals surface area contributed by atoms with Gasteiger partial charge in [-0.25, -0.2) is 0 Å². The Bertz CT molecular complexity index is 291. The van der Waals surface area contributed by atoms with Gasteiger partial charge in [-0.2, -0.15) is 0 Å². The highest BCUT2D eigenvalue weighted by Gasteiger charge is 2.50. The van der Waals surface area contributed by atoms with Crippen LogP contribution in [0.25, 0.3) is 0 Å². The third-order valence-electron chi connectivity index (χ3n) is 4.20. The molecule has 0 amide bonds. The molecule has 2 unspecified atom stereocenters. The van der Waals surface area contributed by atoms with Gasteiger partial charge in [0.2, 0.25) is 0 Å². The van der Waals surface area contributed by atoms with E-state index in [1.165, 1.54) is 0 Å². The molecular formula is C14H25NO3. The zero-order valence-corrected chi connectivity index (χ0v) is 11.3. The van der Waals surface area contributed by atoms with Gasteiger partial charge in [0.15, 0.2) is 0 Å². The van der Waals surface area contributed by atoms with Crippen LogP contribution in [0.3, 0.4) is 0 Å². The molecule has 104 valence electrons. The molecule has 2 aliphatic carbocycles. The molecule has 4 heteroatoms. The molecule has 2 fully saturated rings. The highest BCUT2D eigenvalue weighted by atomic mass is 16.5. The lowest BCUT2D eigenvalue weighted by molar-refractivity contribution is -0.147. The first kappa shape index (κ1) is 13.8. The number of aliphatic carboxylic acids is 1. The minimum absolute atomic E-state index is 0.229. The maximum absolute atomic E-state index is 11.7. The average Bonchev–Trinajstić information content (AvgIpc) is 3.05. The zero-order valence-electron chi connectivity index (χ0n) is 11.3. The fourth-order valence-electron chi connectivity index (χ4n) is 3.07. The molecule has 2 aliphatic rings. The van der Waals surface area contributed by atoms with E-state index in [2.05, 4.69) is 12.2 Å². The lowest BCUT2D eigenvalue weighted by atomic mass is 9.84. The van der Waals surface area contributed by atoms with E-state index in [0.29, 0.717) is 12.6 Å². The maximum atomic E-state index is 11.7. The summed E-state index contributed by atoms with van der Waals surface area (Å²) in [6, 6.07) is 0.443. The van der Waals surface area contributed by atoms with E-state index < -0.39 is 11.5 Å². The van der Waals surface area contributed by atoms with E-state index in [0.717, 1.165) is 51.6 Å². The standard InChI is InChI=1S/C14H25NO3/c1-2-9-18-10-7-11-4-3-8-14(11,13(16)17)15-12-5-6-12/h11-12,15H,2-10H2,1H3,(H,16,17). The van der Waals surface area contributed by atoms with E-state index >= 15 is 0 Å². The quantitative estimate of drug-likeness (QED) is 0.653. The summed E-state index contributed by atoms with van der Waals surface area (Å²) in [6.07, 6.45) is 6.96. The average molecular weight is 255 g/mol. The summed E-state index contributed by atoms with van der Waals surface area (Å²) in [5, 5.41) is 13.0. The van der Waals surface area contributed by atoms with Crippen LogP contribution >= 0.6 is 0 Å². The van der Waals surface area contributed by atoms with Crippen LogP contribution in [0.2, 0.25) is 0 Å². The molecule has 0 saturated heterocycles. The minimum atomic E-state index is -0.670. The Labute approximate surface area is 109 Å². The number of ether oxygens (including phenoxy) is 1. The number of carbonyl (C=O) groups is 1. The number of hydrogen-bond acceptors (Lipinski definition) is 3. The first-order chi connectivity index (χ1) is 8.69. The van der Waals surface area contributed by atoms with Crippen molar-refractivity contribution in [3.8, 4) is 0 Å². The molecule has 0 aliphatic heterocycles. The summed E-state index contributed by atoms with van der Waals surface area (Å²) in [5.41, 5.74) is -0.670. The van der Waals surface area contributed by atoms with Crippen LogP contribution < -0.4 is 5.32 Å². The summed E-state index contributed by atoms with van der Waals surface area (Å²) in [4.78, 5) is 11.7. The molecule has 0 bridgehead atoms. The summed E-state index contributed by atoms with van der Waals surface area (Å²) < 4.78 is 5.52. The molecular weight excluding hydrogens is 230 g/mol. The van der Waals surface area contributed by atoms with E-state index in [9.17, 15) is 9.90 Å². The number of carboxylic acid groups (broad SMARTS) is 1. The molecule has 0 heterocycles. The van der Waals surface area contributed by atoms with Gasteiger partial charge in [0.25, 0.3) is 0 Å². The molecule has 2 saturated carbocycles. The number of rotatable bonds is 8. The Morgan fingerprint density at radius 1 is 1.39 bits per heavy atom. The monoisotopic (exact) mass is 255 g/mol. The highest BCUT2D eigenvalue weighted by Crippen LogP contribution is 2.40. The molecule has 2 rings (SSSR count). The molecule has 0 aromatic rings. The van der Waals surface area contributed by atoms with Crippen LogP contribution in [0, 0.1) is 5.92 Å². The molecule has 0 aromatic carbocycles. The van der Waals surface area contributed by atoms with Crippen molar-refractivity contribution < 1.29 is 14.6 Å². The Hall–Kier alpha value is -0.610. The van der Waals surface area contributed by atoms with Crippen LogP contribution in [0.15, 0.2) is 0 Å². The first-order valence-corrected chi connectivity index (χ1v) is 7.28. The van der Waals surface area contributed by atoms with E-state index in [1.807, 2.05) is 0 Å². The van der Waals surface area contributed by atoms with Gasteiger partial charge in [-0.3, -0.25) is 10.1 Å². The maximum Gasteiger partial charge on any atom is 0.324 e. The molecule has 18 heavy (non-hydrogen) atoms. The Morgan fingerprint density at radius 2 is 2.17 bits per heavy atom. The normalized spacial score (nSPS) is 31.7. The number of hydrogen-bond donors (Lipinski definition) is 2. The first-order valence-electron chi connectivity index (χ1n) is 7.28. The summed E-state index contributed by atoms with van der Waals surface area (Å²) in [6.45, 7) is 3.56. The third kappa shape index (κ3) is 3.04. The minimum Gasteiger partial charge on any atom is -0.480 e. The van der Waals surface area contributed by atoms with Crippen LogP contribution in [-0.2, 0) is 9.53 Å². The summed E-state index contributed by atoms with van der Waals surface area (Å²) in [7, 11) is 0. The Balaban J connectivity index is 1.91. The van der Waals surface area contributed by atoms with Crippen LogP contribution in [0.5, 0.6) is 0 Å². The summed E-state index contributed by atoms with van der Waals surface area (Å²) >= 11 is 0. The SMILES string of the molecule is CCCOCCC1CCCC1(NC1CC1)C(=O)O. The molecule has 2 N–H and O–H groups in total. The van der Waals surface area contributed by atoms with Gasteiger partial charge < -0.3 is 9.84 Å². The second-order valence-corrected chi connectivity index (χ2v) is 5.69. The fraction of sp³-hybridized carbons (Fsp3) is 0.929. The Kier molecular flexibility index (Phi) is 4.62. The van der Waals surface area contributed by atoms with E-state index in [4.69, 9.17) is 4.74 Å². The lowest BCUT2D eigenvalue weighted by Gasteiger charge is -2.32. The lowest BCUT2D eigenvalue weighted by Crippen LogP contribution is -2.55. The Morgan fingerprint density at radius 3 is 2.78 bits per heavy atom.